The highest BCUT2D eigenvalue weighted by Gasteiger charge is 2.38. The molecule has 2 aliphatic heterocycles. The summed E-state index contributed by atoms with van der Waals surface area (Å²) in [7, 11) is 0. The molecular weight excluding hydrogens is 791 g/mol. The van der Waals surface area contributed by atoms with Crippen molar-refractivity contribution in [2.24, 2.45) is 17.8 Å². The third-order valence-electron chi connectivity index (χ3n) is 14.2. The second kappa shape index (κ2) is 24.1. The van der Waals surface area contributed by atoms with E-state index in [9.17, 15) is 44.1 Å². The molecule has 16 nitrogen and oxygen atoms in total. The Morgan fingerprint density at radius 1 is 0.700 bits per heavy atom. The van der Waals surface area contributed by atoms with E-state index in [4.69, 9.17) is 0 Å². The molecule has 0 aromatic rings. The summed E-state index contributed by atoms with van der Waals surface area (Å²) in [6, 6.07) is -2.80. The number of carbonyl (C=O) groups is 6. The predicted octanol–water partition coefficient (Wildman–Crippen LogP) is -0.777. The van der Waals surface area contributed by atoms with Crippen LogP contribution in [0.2, 0.25) is 0 Å². The minimum Gasteiger partial charge on any atom is -0.548 e. The molecule has 3 aliphatic carbocycles. The van der Waals surface area contributed by atoms with Crippen molar-refractivity contribution in [2.45, 2.75) is 145 Å². The summed E-state index contributed by atoms with van der Waals surface area (Å²) in [5.41, 5.74) is 0. The minimum absolute atomic E-state index is 0.0816. The van der Waals surface area contributed by atoms with Crippen molar-refractivity contribution >= 4 is 48.6 Å². The maximum absolute atomic E-state index is 13.8. The van der Waals surface area contributed by atoms with Crippen molar-refractivity contribution in [3.63, 3.8) is 0 Å². The number of rotatable bonds is 16. The average Bonchev–Trinajstić information content (AvgIpc) is 3.48. The first kappa shape index (κ1) is 48.2. The Balaban J connectivity index is 1.36. The van der Waals surface area contributed by atoms with Crippen molar-refractivity contribution in [2.75, 3.05) is 72.0 Å². The maximum atomic E-state index is 13.8. The fourth-order valence-corrected chi connectivity index (χ4v) is 11.1. The van der Waals surface area contributed by atoms with Crippen LogP contribution in [0.1, 0.15) is 110 Å². The highest BCUT2D eigenvalue weighted by Crippen LogP contribution is 2.32. The van der Waals surface area contributed by atoms with Gasteiger partial charge >= 0.3 is 0 Å². The number of amides is 3. The zero-order valence-electron chi connectivity index (χ0n) is 35.8. The van der Waals surface area contributed by atoms with Crippen molar-refractivity contribution in [1.29, 1.82) is 0 Å². The molecule has 0 aromatic carbocycles. The molecule has 6 atom stereocenters. The molecule has 3 N–H and O–H groups in total. The van der Waals surface area contributed by atoms with Gasteiger partial charge in [0.15, 0.2) is 0 Å². The Morgan fingerprint density at radius 3 is 1.55 bits per heavy atom. The van der Waals surface area contributed by atoms with Gasteiger partial charge in [0.25, 0.3) is 0 Å². The van der Waals surface area contributed by atoms with Crippen LogP contribution in [0.3, 0.4) is 0 Å². The Labute approximate surface area is 361 Å². The molecule has 0 bridgehead atoms. The normalized spacial score (nSPS) is 26.9. The van der Waals surface area contributed by atoms with Gasteiger partial charge in [-0.3, -0.25) is 34.0 Å². The number of hydrogen-bond acceptors (Lipinski definition) is 14. The van der Waals surface area contributed by atoms with E-state index in [1.54, 1.807) is 6.92 Å². The lowest BCUT2D eigenvalue weighted by molar-refractivity contribution is -0.315. The summed E-state index contributed by atoms with van der Waals surface area (Å²) >= 11 is 4.18. The number of hydrogen-bond donors (Lipinski definition) is 4. The molecule has 2 saturated heterocycles. The summed E-state index contributed by atoms with van der Waals surface area (Å²) in [5, 5.41) is 41.0. The van der Waals surface area contributed by atoms with E-state index in [2.05, 4.69) is 28.2 Å². The molecule has 60 heavy (non-hydrogen) atoms. The molecule has 3 unspecified atom stereocenters. The van der Waals surface area contributed by atoms with E-state index < -0.39 is 53.4 Å². The molecular formula is C43H71N7O9S-2. The Bertz CT molecular complexity index is 1370. The number of aliphatic hydroxyl groups excluding tert-OH is 1. The van der Waals surface area contributed by atoms with Crippen molar-refractivity contribution in [1.82, 2.24) is 35.1 Å². The van der Waals surface area contributed by atoms with E-state index in [1.165, 1.54) is 4.90 Å². The van der Waals surface area contributed by atoms with Crippen LogP contribution in [0, 0.1) is 17.8 Å². The molecule has 340 valence electrons. The predicted molar refractivity (Wildman–Crippen MR) is 224 cm³/mol. The number of carboxylic acids is 2. The number of aliphatic carboxylic acids is 2. The van der Waals surface area contributed by atoms with Gasteiger partial charge in [-0.15, -0.1) is 0 Å². The van der Waals surface area contributed by atoms with Crippen LogP contribution in [-0.2, 0) is 28.8 Å². The number of carboxylic acid groups (broad SMARTS) is 2. The van der Waals surface area contributed by atoms with Gasteiger partial charge in [-0.1, -0.05) is 57.8 Å². The SMILES string of the molecule is CC(C(=O)NCC(=O)NCCN1C(=O)C(S)CC1O)N1CCN([C@@H](C(=O)[O-])C2CCCCC2)CCN([C@@H](C=O)C2CCCCC2)CCN([C@@H](C(=O)[O-])C2CCCCC2)CC1. The zero-order chi connectivity index (χ0) is 43.2. The second-order valence-electron chi connectivity index (χ2n) is 18.0. The third-order valence-corrected chi connectivity index (χ3v) is 14.7. The fraction of sp³-hybridized carbons (Fsp3) is 0.860. The maximum Gasteiger partial charge on any atom is 0.239 e. The van der Waals surface area contributed by atoms with Crippen molar-refractivity contribution in [3.05, 3.63) is 0 Å². The van der Waals surface area contributed by atoms with E-state index in [1.807, 2.05) is 14.7 Å². The summed E-state index contributed by atoms with van der Waals surface area (Å²) < 4.78 is 0. The standard InChI is InChI=1S/C43H73N7O9S/c1-30(40(54)45-28-36(52)44-17-18-50-37(53)27-35(60)41(50)55)46-19-23-48(38(42(56)57)32-13-7-3-8-14-32)25-21-47(34(29-51)31-11-5-2-6-12-31)22-26-49(24-20-46)39(43(58)59)33-15-9-4-10-16-33/h29-35,37-39,53,60H,2-28H2,1H3,(H,44,52)(H,45,54)(H,56,57)(H,58,59)/p-2/t30?,34-,35?,37?,38+,39+/m0/s1. The number of likely N-dealkylation sites (tertiary alicyclic amines) is 1. The van der Waals surface area contributed by atoms with Gasteiger partial charge < -0.3 is 45.2 Å². The number of nitrogens with one attached hydrogen (secondary N) is 2. The Morgan fingerprint density at radius 2 is 1.13 bits per heavy atom. The molecule has 0 radical (unpaired) electrons. The lowest BCUT2D eigenvalue weighted by Gasteiger charge is -2.45. The highest BCUT2D eigenvalue weighted by molar-refractivity contribution is 7.81. The van der Waals surface area contributed by atoms with Gasteiger partial charge in [-0.2, -0.15) is 12.6 Å². The summed E-state index contributed by atoms with van der Waals surface area (Å²) in [4.78, 5) is 87.2. The largest absolute Gasteiger partial charge is 0.548 e. The molecule has 3 saturated carbocycles. The number of thiol groups is 1. The van der Waals surface area contributed by atoms with E-state index >= 15 is 0 Å². The van der Waals surface area contributed by atoms with Gasteiger partial charge in [0.2, 0.25) is 17.7 Å². The quantitative estimate of drug-likeness (QED) is 0.111. The Kier molecular flexibility index (Phi) is 19.4. The van der Waals surface area contributed by atoms with Gasteiger partial charge in [0, 0.05) is 71.9 Å². The first-order chi connectivity index (χ1) is 28.9. The van der Waals surface area contributed by atoms with Crippen LogP contribution in [0.5, 0.6) is 0 Å². The minimum atomic E-state index is -1.12. The molecule has 3 amide bonds. The first-order valence-electron chi connectivity index (χ1n) is 22.9. The molecule has 5 fully saturated rings. The van der Waals surface area contributed by atoms with E-state index in [0.717, 1.165) is 103 Å². The van der Waals surface area contributed by atoms with Gasteiger partial charge in [0.05, 0.1) is 47.9 Å². The van der Waals surface area contributed by atoms with Crippen LogP contribution in [0.15, 0.2) is 0 Å². The van der Waals surface area contributed by atoms with E-state index in [0.29, 0.717) is 52.4 Å². The Hall–Kier alpha value is -2.83. The molecule has 0 spiro atoms. The zero-order valence-corrected chi connectivity index (χ0v) is 36.7. The van der Waals surface area contributed by atoms with Crippen molar-refractivity contribution < 1.29 is 44.1 Å². The van der Waals surface area contributed by atoms with Gasteiger partial charge in [-0.05, 0) is 63.2 Å². The molecule has 5 rings (SSSR count). The number of aliphatic hydroxyl groups is 1. The fourth-order valence-electron chi connectivity index (χ4n) is 10.8. The first-order valence-corrected chi connectivity index (χ1v) is 23.5. The van der Waals surface area contributed by atoms with Crippen LogP contribution in [0.4, 0.5) is 0 Å². The smallest absolute Gasteiger partial charge is 0.239 e. The summed E-state index contributed by atoms with van der Waals surface area (Å²) in [6.45, 7) is 4.37. The van der Waals surface area contributed by atoms with Crippen LogP contribution >= 0.6 is 12.6 Å². The molecule has 0 aromatic heterocycles. The van der Waals surface area contributed by atoms with Gasteiger partial charge in [-0.25, -0.2) is 0 Å². The number of aldehydes is 1. The van der Waals surface area contributed by atoms with E-state index in [-0.39, 0.29) is 55.8 Å². The number of nitrogens with zero attached hydrogens (tertiary/aromatic N) is 5. The molecule has 5 aliphatic rings. The lowest BCUT2D eigenvalue weighted by Crippen LogP contribution is -2.60. The van der Waals surface area contributed by atoms with Crippen LogP contribution in [0.25, 0.3) is 0 Å². The van der Waals surface area contributed by atoms with Crippen LogP contribution < -0.4 is 20.8 Å². The lowest BCUT2D eigenvalue weighted by atomic mass is 9.82. The average molecular weight is 862 g/mol. The monoisotopic (exact) mass is 862 g/mol. The molecule has 2 heterocycles. The van der Waals surface area contributed by atoms with Gasteiger partial charge in [0.1, 0.15) is 12.5 Å². The topological polar surface area (TPSA) is 209 Å². The second-order valence-corrected chi connectivity index (χ2v) is 18.6. The van der Waals surface area contributed by atoms with Crippen molar-refractivity contribution in [3.8, 4) is 0 Å². The molecule has 17 heteroatoms. The summed E-state index contributed by atoms with van der Waals surface area (Å²) in [5.74, 6) is -3.42. The third kappa shape index (κ3) is 13.3. The highest BCUT2D eigenvalue weighted by atomic mass is 32.1. The number of carbonyl (C=O) groups excluding carboxylic acids is 6. The van der Waals surface area contributed by atoms with Crippen LogP contribution in [-0.4, -0.2) is 173 Å². The summed E-state index contributed by atoms with van der Waals surface area (Å²) in [6.07, 6.45) is 14.5.